The Balaban J connectivity index is 1.92. The van der Waals surface area contributed by atoms with Crippen molar-refractivity contribution >= 4 is 11.6 Å². The number of anilines is 1. The zero-order valence-electron chi connectivity index (χ0n) is 10.5. The van der Waals surface area contributed by atoms with Crippen LogP contribution in [0.25, 0.3) is 0 Å². The molecule has 19 heavy (non-hydrogen) atoms. The van der Waals surface area contributed by atoms with Crippen LogP contribution in [0.3, 0.4) is 0 Å². The Labute approximate surface area is 111 Å². The number of aromatic nitrogens is 3. The topological polar surface area (TPSA) is 80.0 Å². The van der Waals surface area contributed by atoms with Crippen molar-refractivity contribution in [3.63, 3.8) is 0 Å². The van der Waals surface area contributed by atoms with Gasteiger partial charge in [-0.3, -0.25) is 4.79 Å². The Morgan fingerprint density at radius 2 is 2.32 bits per heavy atom. The minimum atomic E-state index is -0.148. The second kappa shape index (κ2) is 6.65. The quantitative estimate of drug-likeness (QED) is 0.806. The molecule has 0 unspecified atom stereocenters. The third-order valence-electron chi connectivity index (χ3n) is 2.61. The first-order chi connectivity index (χ1) is 9.28. The maximum atomic E-state index is 11.8. The molecule has 0 saturated carbocycles. The lowest BCUT2D eigenvalue weighted by atomic mass is 10.1. The Morgan fingerprint density at radius 1 is 1.42 bits per heavy atom. The summed E-state index contributed by atoms with van der Waals surface area (Å²) in [5, 5.41) is 15.5. The highest BCUT2D eigenvalue weighted by Crippen LogP contribution is 2.12. The van der Waals surface area contributed by atoms with Crippen LogP contribution >= 0.6 is 0 Å². The zero-order valence-corrected chi connectivity index (χ0v) is 10.5. The van der Waals surface area contributed by atoms with Gasteiger partial charge in [-0.05, 0) is 30.5 Å². The molecule has 1 heterocycles. The van der Waals surface area contributed by atoms with Gasteiger partial charge in [0, 0.05) is 12.3 Å². The molecular weight excluding hydrogens is 244 g/mol. The van der Waals surface area contributed by atoms with Gasteiger partial charge < -0.3 is 10.4 Å². The van der Waals surface area contributed by atoms with Gasteiger partial charge in [0.25, 0.3) is 0 Å². The van der Waals surface area contributed by atoms with Gasteiger partial charge in [-0.1, -0.05) is 12.1 Å². The molecule has 0 aliphatic heterocycles. The van der Waals surface area contributed by atoms with Crippen molar-refractivity contribution in [3.8, 4) is 0 Å². The monoisotopic (exact) mass is 260 g/mol. The first-order valence-electron chi connectivity index (χ1n) is 6.10. The van der Waals surface area contributed by atoms with Crippen LogP contribution in [0.2, 0.25) is 0 Å². The van der Waals surface area contributed by atoms with Crippen LogP contribution in [0.5, 0.6) is 0 Å². The van der Waals surface area contributed by atoms with Crippen LogP contribution < -0.4 is 5.32 Å². The molecule has 1 amide bonds. The fourth-order valence-corrected chi connectivity index (χ4v) is 1.75. The summed E-state index contributed by atoms with van der Waals surface area (Å²) in [5.74, 6) is -0.148. The average Bonchev–Trinajstić information content (AvgIpc) is 2.89. The average molecular weight is 260 g/mol. The van der Waals surface area contributed by atoms with Gasteiger partial charge in [-0.25, -0.2) is 9.67 Å². The molecule has 0 atom stereocenters. The van der Waals surface area contributed by atoms with Crippen molar-refractivity contribution in [2.45, 2.75) is 19.4 Å². The van der Waals surface area contributed by atoms with E-state index in [0.717, 1.165) is 24.1 Å². The van der Waals surface area contributed by atoms with Crippen molar-refractivity contribution < 1.29 is 9.90 Å². The van der Waals surface area contributed by atoms with Gasteiger partial charge in [0.2, 0.25) is 5.91 Å². The molecule has 1 aromatic carbocycles. The van der Waals surface area contributed by atoms with Crippen molar-refractivity contribution in [3.05, 3.63) is 42.5 Å². The number of benzene rings is 1. The molecule has 6 heteroatoms. The number of carbonyl (C=O) groups excluding carboxylic acids is 1. The fraction of sp³-hybridized carbons (Fsp3) is 0.308. The van der Waals surface area contributed by atoms with E-state index in [2.05, 4.69) is 15.4 Å². The predicted molar refractivity (Wildman–Crippen MR) is 70.5 cm³/mol. The van der Waals surface area contributed by atoms with E-state index < -0.39 is 0 Å². The SMILES string of the molecule is O=C(Cn1cncn1)Nc1cccc(CCCO)c1. The van der Waals surface area contributed by atoms with Crippen LogP contribution in [0.1, 0.15) is 12.0 Å². The summed E-state index contributed by atoms with van der Waals surface area (Å²) in [5.41, 5.74) is 1.84. The van der Waals surface area contributed by atoms with E-state index in [1.54, 1.807) is 0 Å². The summed E-state index contributed by atoms with van der Waals surface area (Å²) < 4.78 is 1.46. The summed E-state index contributed by atoms with van der Waals surface area (Å²) in [4.78, 5) is 15.5. The van der Waals surface area contributed by atoms with Crippen LogP contribution in [0.4, 0.5) is 5.69 Å². The lowest BCUT2D eigenvalue weighted by Crippen LogP contribution is -2.19. The maximum absolute atomic E-state index is 11.8. The molecule has 0 fully saturated rings. The van der Waals surface area contributed by atoms with Crippen molar-refractivity contribution in [1.29, 1.82) is 0 Å². The van der Waals surface area contributed by atoms with Crippen LogP contribution in [-0.2, 0) is 17.8 Å². The van der Waals surface area contributed by atoms with Gasteiger partial charge in [0.05, 0.1) is 0 Å². The largest absolute Gasteiger partial charge is 0.396 e. The minimum Gasteiger partial charge on any atom is -0.396 e. The predicted octanol–water partition coefficient (Wildman–Crippen LogP) is 0.842. The van der Waals surface area contributed by atoms with Crippen LogP contribution in [0.15, 0.2) is 36.9 Å². The number of nitrogens with zero attached hydrogens (tertiary/aromatic N) is 3. The summed E-state index contributed by atoms with van der Waals surface area (Å²) in [6.07, 6.45) is 4.40. The van der Waals surface area contributed by atoms with E-state index in [-0.39, 0.29) is 19.1 Å². The van der Waals surface area contributed by atoms with Gasteiger partial charge >= 0.3 is 0 Å². The van der Waals surface area contributed by atoms with Crippen molar-refractivity contribution in [1.82, 2.24) is 14.8 Å². The van der Waals surface area contributed by atoms with E-state index >= 15 is 0 Å². The molecule has 100 valence electrons. The minimum absolute atomic E-state index is 0.140. The number of hydrogen-bond acceptors (Lipinski definition) is 4. The summed E-state index contributed by atoms with van der Waals surface area (Å²) in [6.45, 7) is 0.309. The number of aliphatic hydroxyl groups excluding tert-OH is 1. The molecule has 0 aliphatic rings. The number of nitrogens with one attached hydrogen (secondary N) is 1. The standard InChI is InChI=1S/C13H16N4O2/c18-6-2-4-11-3-1-5-12(7-11)16-13(19)8-17-10-14-9-15-17/h1,3,5,7,9-10,18H,2,4,6,8H2,(H,16,19). The normalized spacial score (nSPS) is 10.4. The first-order valence-corrected chi connectivity index (χ1v) is 6.10. The highest BCUT2D eigenvalue weighted by Gasteiger charge is 2.04. The number of aryl methyl sites for hydroxylation is 1. The zero-order chi connectivity index (χ0) is 13.5. The van der Waals surface area contributed by atoms with Crippen molar-refractivity contribution in [2.75, 3.05) is 11.9 Å². The van der Waals surface area contributed by atoms with Crippen LogP contribution in [0, 0.1) is 0 Å². The lowest BCUT2D eigenvalue weighted by molar-refractivity contribution is -0.116. The summed E-state index contributed by atoms with van der Waals surface area (Å²) in [7, 11) is 0. The molecule has 2 aromatic rings. The molecule has 2 N–H and O–H groups in total. The fourth-order valence-electron chi connectivity index (χ4n) is 1.75. The summed E-state index contributed by atoms with van der Waals surface area (Å²) >= 11 is 0. The van der Waals surface area contributed by atoms with E-state index in [1.807, 2.05) is 24.3 Å². The van der Waals surface area contributed by atoms with Gasteiger partial charge in [-0.2, -0.15) is 5.10 Å². The Morgan fingerprint density at radius 3 is 3.05 bits per heavy atom. The second-order valence-corrected chi connectivity index (χ2v) is 4.17. The highest BCUT2D eigenvalue weighted by atomic mass is 16.2. The van der Waals surface area contributed by atoms with E-state index in [0.29, 0.717) is 0 Å². The molecule has 0 bridgehead atoms. The van der Waals surface area contributed by atoms with Crippen LogP contribution in [-0.4, -0.2) is 32.4 Å². The molecule has 0 radical (unpaired) electrons. The number of hydrogen-bond donors (Lipinski definition) is 2. The number of amides is 1. The third-order valence-corrected chi connectivity index (χ3v) is 2.61. The van der Waals surface area contributed by atoms with Crippen molar-refractivity contribution in [2.24, 2.45) is 0 Å². The Hall–Kier alpha value is -2.21. The maximum Gasteiger partial charge on any atom is 0.246 e. The van der Waals surface area contributed by atoms with Gasteiger partial charge in [-0.15, -0.1) is 0 Å². The number of aliphatic hydroxyl groups is 1. The number of carbonyl (C=O) groups is 1. The van der Waals surface area contributed by atoms with E-state index in [4.69, 9.17) is 5.11 Å². The third kappa shape index (κ3) is 4.18. The van der Waals surface area contributed by atoms with Gasteiger partial charge in [0.15, 0.2) is 0 Å². The molecule has 0 spiro atoms. The highest BCUT2D eigenvalue weighted by molar-refractivity contribution is 5.90. The smallest absolute Gasteiger partial charge is 0.246 e. The molecule has 0 saturated heterocycles. The van der Waals surface area contributed by atoms with E-state index in [9.17, 15) is 4.79 Å². The Bertz CT molecular complexity index is 525. The molecule has 2 rings (SSSR count). The molecule has 1 aromatic heterocycles. The lowest BCUT2D eigenvalue weighted by Gasteiger charge is -2.07. The molecule has 0 aliphatic carbocycles. The second-order valence-electron chi connectivity index (χ2n) is 4.17. The first kappa shape index (κ1) is 13.2. The number of rotatable bonds is 6. The molecular formula is C13H16N4O2. The Kier molecular flexibility index (Phi) is 4.63. The molecule has 6 nitrogen and oxygen atoms in total. The van der Waals surface area contributed by atoms with E-state index in [1.165, 1.54) is 17.3 Å². The van der Waals surface area contributed by atoms with Gasteiger partial charge in [0.1, 0.15) is 19.2 Å². The summed E-state index contributed by atoms with van der Waals surface area (Å²) in [6, 6.07) is 7.61.